The van der Waals surface area contributed by atoms with Gasteiger partial charge >= 0.3 is 5.69 Å². The number of rotatable bonds is 3. The third-order valence-corrected chi connectivity index (χ3v) is 2.99. The lowest BCUT2D eigenvalue weighted by atomic mass is 10.2. The Morgan fingerprint density at radius 2 is 2.00 bits per heavy atom. The molecular weight excluding hydrogens is 301 g/mol. The van der Waals surface area contributed by atoms with E-state index in [0.29, 0.717) is 5.69 Å². The smallest absolute Gasteiger partial charge is 0.306 e. The van der Waals surface area contributed by atoms with E-state index in [2.05, 4.69) is 5.32 Å². The number of nitrogens with two attached hydrogens (primary N) is 1. The highest BCUT2D eigenvalue weighted by atomic mass is 35.5. The monoisotopic (exact) mass is 309 g/mol. The number of anilines is 2. The molecule has 0 saturated carbocycles. The molecule has 108 valence electrons. The number of carbonyl (C=O) groups excluding carboxylic acids is 1. The molecule has 0 unspecified atom stereocenters. The molecule has 2 aromatic carbocycles. The van der Waals surface area contributed by atoms with Gasteiger partial charge in [0.1, 0.15) is 0 Å². The number of nitrogens with zero attached hydrogens (tertiary/aromatic N) is 1. The van der Waals surface area contributed by atoms with Crippen molar-refractivity contribution in [3.8, 4) is 0 Å². The second-order valence-electron chi connectivity index (χ2n) is 4.11. The van der Waals surface area contributed by atoms with Crippen LogP contribution in [0.4, 0.5) is 21.5 Å². The van der Waals surface area contributed by atoms with E-state index in [0.717, 1.165) is 12.1 Å². The van der Waals surface area contributed by atoms with Gasteiger partial charge in [0.2, 0.25) is 5.82 Å². The summed E-state index contributed by atoms with van der Waals surface area (Å²) in [4.78, 5) is 21.7. The minimum absolute atomic E-state index is 0.0982. The summed E-state index contributed by atoms with van der Waals surface area (Å²) in [6.45, 7) is 0. The number of carbonyl (C=O) groups is 1. The molecule has 3 N–H and O–H groups in total. The van der Waals surface area contributed by atoms with Gasteiger partial charge in [0, 0.05) is 17.3 Å². The van der Waals surface area contributed by atoms with Crippen LogP contribution in [0.1, 0.15) is 10.4 Å². The summed E-state index contributed by atoms with van der Waals surface area (Å²) >= 11 is 5.80. The number of hydrogen-bond acceptors (Lipinski definition) is 4. The summed E-state index contributed by atoms with van der Waals surface area (Å²) in [5.41, 5.74) is 5.46. The molecule has 8 heteroatoms. The minimum atomic E-state index is -0.978. The van der Waals surface area contributed by atoms with Crippen molar-refractivity contribution in [1.29, 1.82) is 0 Å². The van der Waals surface area contributed by atoms with E-state index in [-0.39, 0.29) is 16.3 Å². The zero-order chi connectivity index (χ0) is 15.6. The van der Waals surface area contributed by atoms with Crippen LogP contribution in [0.25, 0.3) is 0 Å². The summed E-state index contributed by atoms with van der Waals surface area (Å²) in [6, 6.07) is 7.35. The average molecular weight is 310 g/mol. The predicted molar refractivity (Wildman–Crippen MR) is 76.9 cm³/mol. The van der Waals surface area contributed by atoms with E-state index in [9.17, 15) is 19.3 Å². The van der Waals surface area contributed by atoms with Gasteiger partial charge in [0.25, 0.3) is 5.91 Å². The maximum atomic E-state index is 13.2. The Morgan fingerprint density at radius 3 is 2.62 bits per heavy atom. The first-order valence-electron chi connectivity index (χ1n) is 5.69. The molecule has 2 aromatic rings. The van der Waals surface area contributed by atoms with Gasteiger partial charge in [-0.15, -0.1) is 0 Å². The number of halogens is 2. The normalized spacial score (nSPS) is 10.2. The summed E-state index contributed by atoms with van der Waals surface area (Å²) < 4.78 is 13.2. The number of amides is 1. The Hall–Kier alpha value is -2.67. The van der Waals surface area contributed by atoms with E-state index in [1.54, 1.807) is 0 Å². The molecule has 0 fully saturated rings. The molecule has 0 aliphatic carbocycles. The summed E-state index contributed by atoms with van der Waals surface area (Å²) in [7, 11) is 0. The Kier molecular flexibility index (Phi) is 4.04. The zero-order valence-electron chi connectivity index (χ0n) is 10.5. The maximum Gasteiger partial charge on any atom is 0.306 e. The van der Waals surface area contributed by atoms with Crippen molar-refractivity contribution in [3.63, 3.8) is 0 Å². The first-order chi connectivity index (χ1) is 9.88. The van der Waals surface area contributed by atoms with Gasteiger partial charge in [-0.2, -0.15) is 4.39 Å². The zero-order valence-corrected chi connectivity index (χ0v) is 11.2. The molecule has 0 aliphatic rings. The number of nitro benzene ring substituents is 1. The van der Waals surface area contributed by atoms with Crippen LogP contribution in [0, 0.1) is 15.9 Å². The lowest BCUT2D eigenvalue weighted by Gasteiger charge is -2.06. The minimum Gasteiger partial charge on any atom is -0.398 e. The van der Waals surface area contributed by atoms with Crippen LogP contribution in [-0.4, -0.2) is 10.8 Å². The number of hydrogen-bond donors (Lipinski definition) is 2. The fourth-order valence-electron chi connectivity index (χ4n) is 1.60. The molecule has 21 heavy (non-hydrogen) atoms. The molecule has 6 nitrogen and oxygen atoms in total. The molecule has 0 radical (unpaired) electrons. The van der Waals surface area contributed by atoms with Crippen LogP contribution in [0.3, 0.4) is 0 Å². The van der Waals surface area contributed by atoms with E-state index < -0.39 is 22.3 Å². The van der Waals surface area contributed by atoms with Crippen LogP contribution >= 0.6 is 11.6 Å². The first kappa shape index (κ1) is 14.7. The maximum absolute atomic E-state index is 13.2. The van der Waals surface area contributed by atoms with E-state index >= 15 is 0 Å². The fraction of sp³-hybridized carbons (Fsp3) is 0. The van der Waals surface area contributed by atoms with Crippen LogP contribution in [0.15, 0.2) is 36.4 Å². The summed E-state index contributed by atoms with van der Waals surface area (Å²) in [5, 5.41) is 13.3. The predicted octanol–water partition coefficient (Wildman–Crippen LogP) is 3.22. The third kappa shape index (κ3) is 3.26. The SMILES string of the molecule is Nc1ccc(C(=O)Nc2ccc(F)c([N+](=O)[O-])c2)cc1Cl. The van der Waals surface area contributed by atoms with Crippen molar-refractivity contribution in [1.82, 2.24) is 0 Å². The average Bonchev–Trinajstić information content (AvgIpc) is 2.43. The highest BCUT2D eigenvalue weighted by molar-refractivity contribution is 6.33. The Morgan fingerprint density at radius 1 is 1.29 bits per heavy atom. The van der Waals surface area contributed by atoms with Crippen LogP contribution < -0.4 is 11.1 Å². The molecule has 2 rings (SSSR count). The first-order valence-corrected chi connectivity index (χ1v) is 6.06. The van der Waals surface area contributed by atoms with E-state index in [1.807, 2.05) is 0 Å². The number of nitro groups is 1. The lowest BCUT2D eigenvalue weighted by Crippen LogP contribution is -2.12. The quantitative estimate of drug-likeness (QED) is 0.516. The molecular formula is C13H9ClFN3O3. The molecule has 0 heterocycles. The van der Waals surface area contributed by atoms with Crippen molar-refractivity contribution in [3.05, 3.63) is 62.9 Å². The number of benzene rings is 2. The van der Waals surface area contributed by atoms with E-state index in [1.165, 1.54) is 24.3 Å². The standard InChI is InChI=1S/C13H9ClFN3O3/c14-9-5-7(1-4-11(9)16)13(19)17-8-2-3-10(15)12(6-8)18(20)21/h1-6H,16H2,(H,17,19). The summed E-state index contributed by atoms with van der Waals surface area (Å²) in [5.74, 6) is -1.52. The molecule has 0 aliphatic heterocycles. The molecule has 0 atom stereocenters. The Bertz CT molecular complexity index is 737. The molecule has 1 amide bonds. The van der Waals surface area contributed by atoms with Gasteiger partial charge in [0.15, 0.2) is 0 Å². The topological polar surface area (TPSA) is 98.3 Å². The molecule has 0 aromatic heterocycles. The highest BCUT2D eigenvalue weighted by Gasteiger charge is 2.16. The molecule has 0 saturated heterocycles. The second-order valence-corrected chi connectivity index (χ2v) is 4.52. The van der Waals surface area contributed by atoms with Crippen LogP contribution in [0.2, 0.25) is 5.02 Å². The number of nitrogen functional groups attached to an aromatic ring is 1. The fourth-order valence-corrected chi connectivity index (χ4v) is 1.78. The van der Waals surface area contributed by atoms with Gasteiger partial charge in [-0.1, -0.05) is 11.6 Å². The Balaban J connectivity index is 2.25. The summed E-state index contributed by atoms with van der Waals surface area (Å²) in [6.07, 6.45) is 0. The second kappa shape index (κ2) is 5.76. The Labute approximate surface area is 123 Å². The molecule has 0 spiro atoms. The van der Waals surface area contributed by atoms with Gasteiger partial charge < -0.3 is 11.1 Å². The van der Waals surface area contributed by atoms with Crippen molar-refractivity contribution >= 4 is 34.6 Å². The van der Waals surface area contributed by atoms with Gasteiger partial charge in [-0.25, -0.2) is 0 Å². The third-order valence-electron chi connectivity index (χ3n) is 2.66. The van der Waals surface area contributed by atoms with Crippen molar-refractivity contribution in [2.24, 2.45) is 0 Å². The van der Waals surface area contributed by atoms with Crippen molar-refractivity contribution in [2.75, 3.05) is 11.1 Å². The van der Waals surface area contributed by atoms with Gasteiger partial charge in [0.05, 0.1) is 15.6 Å². The largest absolute Gasteiger partial charge is 0.398 e. The number of nitrogens with one attached hydrogen (secondary N) is 1. The van der Waals surface area contributed by atoms with E-state index in [4.69, 9.17) is 17.3 Å². The highest BCUT2D eigenvalue weighted by Crippen LogP contribution is 2.23. The molecule has 0 bridgehead atoms. The van der Waals surface area contributed by atoms with Crippen molar-refractivity contribution < 1.29 is 14.1 Å². The van der Waals surface area contributed by atoms with Gasteiger partial charge in [-0.3, -0.25) is 14.9 Å². The van der Waals surface area contributed by atoms with Crippen LogP contribution in [0.5, 0.6) is 0 Å². The van der Waals surface area contributed by atoms with Crippen molar-refractivity contribution in [2.45, 2.75) is 0 Å². The van der Waals surface area contributed by atoms with Crippen LogP contribution in [-0.2, 0) is 0 Å². The lowest BCUT2D eigenvalue weighted by molar-refractivity contribution is -0.387. The van der Waals surface area contributed by atoms with Gasteiger partial charge in [-0.05, 0) is 30.3 Å².